The van der Waals surface area contributed by atoms with E-state index < -0.39 is 16.0 Å². The lowest BCUT2D eigenvalue weighted by Gasteiger charge is -2.19. The lowest BCUT2D eigenvalue weighted by atomic mass is 10.2. The molecular weight excluding hydrogens is 284 g/mol. The van der Waals surface area contributed by atoms with Crippen molar-refractivity contribution in [2.75, 3.05) is 13.2 Å². The standard InChI is InChI=1S/C12H20N2O5S/c1-12(2,3)19-6-5-18-11(15)10-7-9(8-14(10)4)20(13,16)17/h7-8H,5-6H2,1-4H3,(H2,13,16,17). The monoisotopic (exact) mass is 304 g/mol. The number of aryl methyl sites for hydroxylation is 1. The van der Waals surface area contributed by atoms with E-state index in [1.165, 1.54) is 23.9 Å². The van der Waals surface area contributed by atoms with Gasteiger partial charge in [0.2, 0.25) is 10.0 Å². The molecule has 0 fully saturated rings. The summed E-state index contributed by atoms with van der Waals surface area (Å²) in [5, 5.41) is 5.00. The number of ether oxygens (including phenoxy) is 2. The van der Waals surface area contributed by atoms with Crippen molar-refractivity contribution in [2.45, 2.75) is 31.3 Å². The smallest absolute Gasteiger partial charge is 0.355 e. The van der Waals surface area contributed by atoms with Crippen molar-refractivity contribution < 1.29 is 22.7 Å². The molecule has 114 valence electrons. The largest absolute Gasteiger partial charge is 0.459 e. The van der Waals surface area contributed by atoms with Crippen molar-refractivity contribution >= 4 is 16.0 Å². The fourth-order valence-electron chi connectivity index (χ4n) is 1.45. The number of esters is 1. The number of nitrogens with zero attached hydrogens (tertiary/aromatic N) is 1. The topological polar surface area (TPSA) is 101 Å². The van der Waals surface area contributed by atoms with Crippen LogP contribution in [-0.2, 0) is 26.5 Å². The maximum absolute atomic E-state index is 11.8. The Kier molecular flexibility index (Phi) is 4.95. The van der Waals surface area contributed by atoms with E-state index in [1.54, 1.807) is 0 Å². The summed E-state index contributed by atoms with van der Waals surface area (Å²) in [6.07, 6.45) is 1.26. The SMILES string of the molecule is Cn1cc(S(N)(=O)=O)cc1C(=O)OCCOC(C)(C)C. The summed E-state index contributed by atoms with van der Waals surface area (Å²) in [6, 6.07) is 1.18. The van der Waals surface area contributed by atoms with Crippen molar-refractivity contribution in [1.82, 2.24) is 4.57 Å². The minimum absolute atomic E-state index is 0.0893. The van der Waals surface area contributed by atoms with Crippen LogP contribution in [0.25, 0.3) is 0 Å². The predicted octanol–water partition coefficient (Wildman–Crippen LogP) is 0.644. The average molecular weight is 304 g/mol. The van der Waals surface area contributed by atoms with Crippen LogP contribution in [0.1, 0.15) is 31.3 Å². The summed E-state index contributed by atoms with van der Waals surface area (Å²) in [5.41, 5.74) is -0.192. The molecular formula is C12H20N2O5S. The van der Waals surface area contributed by atoms with Gasteiger partial charge >= 0.3 is 5.97 Å². The molecule has 1 rings (SSSR count). The number of hydrogen-bond acceptors (Lipinski definition) is 5. The van der Waals surface area contributed by atoms with Crippen LogP contribution in [0.5, 0.6) is 0 Å². The highest BCUT2D eigenvalue weighted by Gasteiger charge is 2.18. The summed E-state index contributed by atoms with van der Waals surface area (Å²) < 4.78 is 34.1. The number of primary sulfonamides is 1. The van der Waals surface area contributed by atoms with Gasteiger partial charge in [-0.05, 0) is 26.8 Å². The van der Waals surface area contributed by atoms with E-state index in [9.17, 15) is 13.2 Å². The molecule has 0 saturated heterocycles. The molecule has 2 N–H and O–H groups in total. The van der Waals surface area contributed by atoms with E-state index in [2.05, 4.69) is 0 Å². The van der Waals surface area contributed by atoms with Gasteiger partial charge in [-0.25, -0.2) is 18.4 Å². The maximum Gasteiger partial charge on any atom is 0.355 e. The molecule has 0 spiro atoms. The maximum atomic E-state index is 11.8. The zero-order valence-electron chi connectivity index (χ0n) is 12.0. The second-order valence-corrected chi connectivity index (χ2v) is 6.88. The lowest BCUT2D eigenvalue weighted by Crippen LogP contribution is -2.23. The van der Waals surface area contributed by atoms with Crippen LogP contribution >= 0.6 is 0 Å². The molecule has 0 amide bonds. The molecule has 0 bridgehead atoms. The fourth-order valence-corrected chi connectivity index (χ4v) is 2.03. The van der Waals surface area contributed by atoms with Gasteiger partial charge in [0.15, 0.2) is 0 Å². The zero-order valence-corrected chi connectivity index (χ0v) is 12.9. The third kappa shape index (κ3) is 4.95. The second kappa shape index (κ2) is 5.94. The van der Waals surface area contributed by atoms with Gasteiger partial charge in [-0.2, -0.15) is 0 Å². The van der Waals surface area contributed by atoms with E-state index >= 15 is 0 Å². The Morgan fingerprint density at radius 2 is 1.95 bits per heavy atom. The highest BCUT2D eigenvalue weighted by molar-refractivity contribution is 7.89. The van der Waals surface area contributed by atoms with Gasteiger partial charge < -0.3 is 14.0 Å². The first-order valence-corrected chi connectivity index (χ1v) is 7.55. The molecule has 0 radical (unpaired) electrons. The van der Waals surface area contributed by atoms with Crippen LogP contribution in [0.4, 0.5) is 0 Å². The first-order valence-electron chi connectivity index (χ1n) is 6.01. The van der Waals surface area contributed by atoms with Gasteiger partial charge in [0.05, 0.1) is 12.2 Å². The highest BCUT2D eigenvalue weighted by atomic mass is 32.2. The number of carbonyl (C=O) groups is 1. The minimum atomic E-state index is -3.84. The molecule has 1 aromatic rings. The van der Waals surface area contributed by atoms with Crippen LogP contribution < -0.4 is 5.14 Å². The Hall–Kier alpha value is -1.38. The van der Waals surface area contributed by atoms with Crippen molar-refractivity contribution in [1.29, 1.82) is 0 Å². The quantitative estimate of drug-likeness (QED) is 0.635. The molecule has 0 saturated carbocycles. The summed E-state index contributed by atoms with van der Waals surface area (Å²) in [7, 11) is -2.30. The van der Waals surface area contributed by atoms with E-state index in [-0.39, 0.29) is 29.4 Å². The van der Waals surface area contributed by atoms with Crippen LogP contribution in [0.2, 0.25) is 0 Å². The second-order valence-electron chi connectivity index (χ2n) is 5.31. The third-order valence-electron chi connectivity index (χ3n) is 2.37. The number of nitrogens with two attached hydrogens (primary N) is 1. The normalized spacial score (nSPS) is 12.4. The summed E-state index contributed by atoms with van der Waals surface area (Å²) in [6.45, 7) is 6.03. The van der Waals surface area contributed by atoms with E-state index in [0.29, 0.717) is 0 Å². The Labute approximate surface area is 118 Å². The van der Waals surface area contributed by atoms with Crippen molar-refractivity contribution in [3.8, 4) is 0 Å². The Balaban J connectivity index is 2.63. The highest BCUT2D eigenvalue weighted by Crippen LogP contribution is 2.13. The number of rotatable bonds is 5. The Bertz CT molecular complexity index is 583. The number of aromatic nitrogens is 1. The summed E-state index contributed by atoms with van der Waals surface area (Å²) in [5.74, 6) is -0.625. The van der Waals surface area contributed by atoms with Crippen LogP contribution in [0.15, 0.2) is 17.2 Å². The first kappa shape index (κ1) is 16.7. The molecule has 1 aromatic heterocycles. The summed E-state index contributed by atoms with van der Waals surface area (Å²) >= 11 is 0. The van der Waals surface area contributed by atoms with Crippen molar-refractivity contribution in [3.05, 3.63) is 18.0 Å². The number of sulfonamides is 1. The predicted molar refractivity (Wildman–Crippen MR) is 72.8 cm³/mol. The molecule has 0 aliphatic heterocycles. The van der Waals surface area contributed by atoms with E-state index in [1.807, 2.05) is 20.8 Å². The van der Waals surface area contributed by atoms with Crippen LogP contribution in [0, 0.1) is 0 Å². The minimum Gasteiger partial charge on any atom is -0.459 e. The van der Waals surface area contributed by atoms with Gasteiger partial charge in [0.25, 0.3) is 0 Å². The van der Waals surface area contributed by atoms with E-state index in [0.717, 1.165) is 0 Å². The van der Waals surface area contributed by atoms with Gasteiger partial charge in [-0.15, -0.1) is 0 Å². The fraction of sp³-hybridized carbons (Fsp3) is 0.583. The van der Waals surface area contributed by atoms with Crippen LogP contribution in [-0.4, -0.2) is 37.8 Å². The lowest BCUT2D eigenvalue weighted by molar-refractivity contribution is -0.0284. The number of hydrogen-bond donors (Lipinski definition) is 1. The zero-order chi connectivity index (χ0) is 15.6. The Morgan fingerprint density at radius 1 is 1.35 bits per heavy atom. The molecule has 0 aliphatic carbocycles. The molecule has 0 aliphatic rings. The molecule has 7 nitrogen and oxygen atoms in total. The van der Waals surface area contributed by atoms with Gasteiger partial charge in [0, 0.05) is 13.2 Å². The third-order valence-corrected chi connectivity index (χ3v) is 3.25. The Morgan fingerprint density at radius 3 is 2.40 bits per heavy atom. The molecule has 20 heavy (non-hydrogen) atoms. The molecule has 1 heterocycles. The van der Waals surface area contributed by atoms with Crippen molar-refractivity contribution in [2.24, 2.45) is 12.2 Å². The van der Waals surface area contributed by atoms with Gasteiger partial charge in [-0.1, -0.05) is 0 Å². The average Bonchev–Trinajstić information content (AvgIpc) is 2.65. The van der Waals surface area contributed by atoms with Gasteiger partial charge in [-0.3, -0.25) is 0 Å². The summed E-state index contributed by atoms with van der Waals surface area (Å²) in [4.78, 5) is 11.7. The van der Waals surface area contributed by atoms with Crippen LogP contribution in [0.3, 0.4) is 0 Å². The molecule has 0 unspecified atom stereocenters. The first-order chi connectivity index (χ1) is 9.00. The van der Waals surface area contributed by atoms with E-state index in [4.69, 9.17) is 14.6 Å². The van der Waals surface area contributed by atoms with Gasteiger partial charge in [0.1, 0.15) is 17.2 Å². The molecule has 0 aromatic carbocycles. The number of carbonyl (C=O) groups excluding carboxylic acids is 1. The molecule has 0 atom stereocenters. The van der Waals surface area contributed by atoms with Crippen molar-refractivity contribution in [3.63, 3.8) is 0 Å². The molecule has 8 heteroatoms.